The number of benzene rings is 1. The van der Waals surface area contributed by atoms with Crippen LogP contribution < -0.4 is 5.32 Å². The fourth-order valence-corrected chi connectivity index (χ4v) is 2.05. The number of nitrogens with one attached hydrogen (secondary N) is 1. The molecule has 3 nitrogen and oxygen atoms in total. The molecule has 0 atom stereocenters. The van der Waals surface area contributed by atoms with Gasteiger partial charge in [0.2, 0.25) is 5.95 Å². The molecule has 1 aromatic heterocycles. The second-order valence-corrected chi connectivity index (χ2v) is 5.16. The van der Waals surface area contributed by atoms with Gasteiger partial charge in [-0.3, -0.25) is 0 Å². The Balaban J connectivity index is 2.27. The van der Waals surface area contributed by atoms with Crippen LogP contribution in [-0.2, 0) is 6.54 Å². The SMILES string of the molecule is C=CCn1cc(C)nc1Nc1ccc(Br)c(Cl)c1. The zero-order valence-corrected chi connectivity index (χ0v) is 12.3. The quantitative estimate of drug-likeness (QED) is 0.836. The second kappa shape index (κ2) is 5.59. The number of aromatic nitrogens is 2. The van der Waals surface area contributed by atoms with Crippen LogP contribution in [0.15, 0.2) is 41.5 Å². The van der Waals surface area contributed by atoms with Gasteiger partial charge in [-0.25, -0.2) is 4.98 Å². The number of halogens is 2. The molecule has 0 aliphatic heterocycles. The van der Waals surface area contributed by atoms with E-state index in [1.807, 2.05) is 42.0 Å². The normalized spacial score (nSPS) is 10.4. The van der Waals surface area contributed by atoms with E-state index in [2.05, 4.69) is 32.8 Å². The van der Waals surface area contributed by atoms with E-state index in [1.165, 1.54) is 0 Å². The molecule has 2 rings (SSSR count). The van der Waals surface area contributed by atoms with Gasteiger partial charge in [-0.1, -0.05) is 17.7 Å². The van der Waals surface area contributed by atoms with E-state index in [0.717, 1.165) is 21.8 Å². The van der Waals surface area contributed by atoms with Gasteiger partial charge in [0.25, 0.3) is 0 Å². The fourth-order valence-electron chi connectivity index (χ4n) is 1.63. The summed E-state index contributed by atoms with van der Waals surface area (Å²) in [6.07, 6.45) is 3.81. The number of allylic oxidation sites excluding steroid dienone is 1. The summed E-state index contributed by atoms with van der Waals surface area (Å²) < 4.78 is 2.87. The van der Waals surface area contributed by atoms with Crippen LogP contribution in [0, 0.1) is 6.92 Å². The highest BCUT2D eigenvalue weighted by Gasteiger charge is 2.06. The third-order valence-electron chi connectivity index (χ3n) is 2.40. The average Bonchev–Trinajstić information content (AvgIpc) is 2.65. The van der Waals surface area contributed by atoms with Crippen molar-refractivity contribution in [3.8, 4) is 0 Å². The van der Waals surface area contributed by atoms with E-state index < -0.39 is 0 Å². The average molecular weight is 327 g/mol. The summed E-state index contributed by atoms with van der Waals surface area (Å²) in [5.74, 6) is 0.783. The van der Waals surface area contributed by atoms with Crippen molar-refractivity contribution in [1.82, 2.24) is 9.55 Å². The van der Waals surface area contributed by atoms with E-state index in [0.29, 0.717) is 11.6 Å². The molecule has 0 amide bonds. The van der Waals surface area contributed by atoms with Crippen LogP contribution in [0.4, 0.5) is 11.6 Å². The molecule has 2 aromatic rings. The van der Waals surface area contributed by atoms with E-state index in [-0.39, 0.29) is 0 Å². The van der Waals surface area contributed by atoms with Crippen molar-refractivity contribution < 1.29 is 0 Å². The van der Waals surface area contributed by atoms with Gasteiger partial charge in [-0.2, -0.15) is 0 Å². The summed E-state index contributed by atoms with van der Waals surface area (Å²) >= 11 is 9.42. The lowest BCUT2D eigenvalue weighted by molar-refractivity contribution is 0.832. The molecular formula is C13H13BrClN3. The lowest BCUT2D eigenvalue weighted by Gasteiger charge is -2.08. The Hall–Kier alpha value is -1.26. The Morgan fingerprint density at radius 3 is 3.00 bits per heavy atom. The molecule has 5 heteroatoms. The predicted molar refractivity (Wildman–Crippen MR) is 79.6 cm³/mol. The molecule has 18 heavy (non-hydrogen) atoms. The van der Waals surface area contributed by atoms with E-state index in [4.69, 9.17) is 11.6 Å². The van der Waals surface area contributed by atoms with Crippen LogP contribution in [-0.4, -0.2) is 9.55 Å². The van der Waals surface area contributed by atoms with Gasteiger partial charge in [-0.05, 0) is 41.1 Å². The van der Waals surface area contributed by atoms with Gasteiger partial charge in [0.1, 0.15) is 0 Å². The first-order chi connectivity index (χ1) is 8.60. The van der Waals surface area contributed by atoms with Gasteiger partial charge < -0.3 is 9.88 Å². The van der Waals surface area contributed by atoms with Crippen molar-refractivity contribution in [1.29, 1.82) is 0 Å². The highest BCUT2D eigenvalue weighted by atomic mass is 79.9. The minimum Gasteiger partial charge on any atom is -0.326 e. The summed E-state index contributed by atoms with van der Waals surface area (Å²) in [5, 5.41) is 3.91. The Morgan fingerprint density at radius 1 is 1.56 bits per heavy atom. The number of nitrogens with zero attached hydrogens (tertiary/aromatic N) is 2. The number of anilines is 2. The second-order valence-electron chi connectivity index (χ2n) is 3.90. The summed E-state index contributed by atoms with van der Waals surface area (Å²) in [7, 11) is 0. The number of rotatable bonds is 4. The monoisotopic (exact) mass is 325 g/mol. The Morgan fingerprint density at radius 2 is 2.33 bits per heavy atom. The van der Waals surface area contributed by atoms with Crippen LogP contribution in [0.3, 0.4) is 0 Å². The summed E-state index contributed by atoms with van der Waals surface area (Å²) in [4.78, 5) is 4.43. The van der Waals surface area contributed by atoms with E-state index in [1.54, 1.807) is 0 Å². The molecule has 0 spiro atoms. The Labute approximate surface area is 120 Å². The molecule has 1 aromatic carbocycles. The standard InChI is InChI=1S/C13H13BrClN3/c1-3-6-18-8-9(2)16-13(18)17-10-4-5-11(14)12(15)7-10/h3-5,7-8H,1,6H2,2H3,(H,16,17). The largest absolute Gasteiger partial charge is 0.326 e. The van der Waals surface area contributed by atoms with Crippen molar-refractivity contribution in [2.75, 3.05) is 5.32 Å². The van der Waals surface area contributed by atoms with Crippen LogP contribution in [0.5, 0.6) is 0 Å². The fraction of sp³-hybridized carbons (Fsp3) is 0.154. The van der Waals surface area contributed by atoms with Crippen LogP contribution in [0.1, 0.15) is 5.69 Å². The molecule has 0 fully saturated rings. The number of aryl methyl sites for hydroxylation is 1. The van der Waals surface area contributed by atoms with Gasteiger partial charge in [0, 0.05) is 22.9 Å². The third kappa shape index (κ3) is 2.94. The first kappa shape index (κ1) is 13.2. The smallest absolute Gasteiger partial charge is 0.207 e. The first-order valence-corrected chi connectivity index (χ1v) is 6.64. The lowest BCUT2D eigenvalue weighted by atomic mass is 10.3. The minimum absolute atomic E-state index is 0.665. The summed E-state index contributed by atoms with van der Waals surface area (Å²) in [6, 6.07) is 5.70. The maximum absolute atomic E-state index is 6.06. The minimum atomic E-state index is 0.665. The highest BCUT2D eigenvalue weighted by Crippen LogP contribution is 2.27. The maximum atomic E-state index is 6.06. The summed E-state index contributed by atoms with van der Waals surface area (Å²) in [6.45, 7) is 6.41. The highest BCUT2D eigenvalue weighted by molar-refractivity contribution is 9.10. The number of hydrogen-bond donors (Lipinski definition) is 1. The molecule has 0 saturated carbocycles. The van der Waals surface area contributed by atoms with Crippen molar-refractivity contribution in [2.24, 2.45) is 0 Å². The van der Waals surface area contributed by atoms with Crippen molar-refractivity contribution in [2.45, 2.75) is 13.5 Å². The molecule has 94 valence electrons. The topological polar surface area (TPSA) is 29.9 Å². The van der Waals surface area contributed by atoms with Crippen LogP contribution in [0.25, 0.3) is 0 Å². The van der Waals surface area contributed by atoms with Crippen molar-refractivity contribution in [3.05, 3.63) is 52.2 Å². The molecular weight excluding hydrogens is 314 g/mol. The van der Waals surface area contributed by atoms with Gasteiger partial charge >= 0.3 is 0 Å². The molecule has 0 aliphatic rings. The third-order valence-corrected chi connectivity index (χ3v) is 3.63. The molecule has 0 bridgehead atoms. The number of imidazole rings is 1. The van der Waals surface area contributed by atoms with E-state index in [9.17, 15) is 0 Å². The first-order valence-electron chi connectivity index (χ1n) is 5.47. The molecule has 0 saturated heterocycles. The van der Waals surface area contributed by atoms with Crippen LogP contribution >= 0.6 is 27.5 Å². The molecule has 1 heterocycles. The Bertz CT molecular complexity index is 578. The zero-order chi connectivity index (χ0) is 13.1. The zero-order valence-electron chi connectivity index (χ0n) is 9.95. The van der Waals surface area contributed by atoms with Crippen molar-refractivity contribution >= 4 is 39.2 Å². The Kier molecular flexibility index (Phi) is 4.09. The van der Waals surface area contributed by atoms with Gasteiger partial charge in [0.15, 0.2) is 0 Å². The molecule has 1 N–H and O–H groups in total. The van der Waals surface area contributed by atoms with Crippen molar-refractivity contribution in [3.63, 3.8) is 0 Å². The predicted octanol–water partition coefficient (Wildman–Crippen LogP) is 4.54. The van der Waals surface area contributed by atoms with E-state index >= 15 is 0 Å². The lowest BCUT2D eigenvalue weighted by Crippen LogP contribution is -2.01. The maximum Gasteiger partial charge on any atom is 0.207 e. The van der Waals surface area contributed by atoms with Crippen LogP contribution in [0.2, 0.25) is 5.02 Å². The molecule has 0 radical (unpaired) electrons. The molecule has 0 aliphatic carbocycles. The van der Waals surface area contributed by atoms with Gasteiger partial charge in [-0.15, -0.1) is 6.58 Å². The van der Waals surface area contributed by atoms with Gasteiger partial charge in [0.05, 0.1) is 10.7 Å². The summed E-state index contributed by atoms with van der Waals surface area (Å²) in [5.41, 5.74) is 1.86. The number of hydrogen-bond acceptors (Lipinski definition) is 2. The molecule has 0 unspecified atom stereocenters.